The van der Waals surface area contributed by atoms with E-state index in [4.69, 9.17) is 5.10 Å². The molecule has 0 amide bonds. The second-order valence-electron chi connectivity index (χ2n) is 9.18. The summed E-state index contributed by atoms with van der Waals surface area (Å²) in [6.07, 6.45) is 2.38. The lowest BCUT2D eigenvalue weighted by molar-refractivity contribution is 0.827. The van der Waals surface area contributed by atoms with Crippen LogP contribution in [0.3, 0.4) is 0 Å². The van der Waals surface area contributed by atoms with E-state index in [2.05, 4.69) is 115 Å². The SMILES string of the molecule is Cc1ccc(C(Sc2nnc(C3CC3)n2-c2ccc(N(C)C)cc2)c2ccc(C)cc2)cc1. The second-order valence-corrected chi connectivity index (χ2v) is 10.3. The molecule has 1 aromatic heterocycles. The Balaban J connectivity index is 1.57. The highest BCUT2D eigenvalue weighted by atomic mass is 32.2. The molecule has 1 aliphatic carbocycles. The number of hydrogen-bond donors (Lipinski definition) is 0. The van der Waals surface area contributed by atoms with Crippen LogP contribution in [0.25, 0.3) is 5.69 Å². The third-order valence-corrected chi connectivity index (χ3v) is 7.46. The lowest BCUT2D eigenvalue weighted by Crippen LogP contribution is -2.09. The summed E-state index contributed by atoms with van der Waals surface area (Å²) in [5, 5.41) is 10.5. The summed E-state index contributed by atoms with van der Waals surface area (Å²) in [6.45, 7) is 4.27. The van der Waals surface area contributed by atoms with Crippen molar-refractivity contribution < 1.29 is 0 Å². The van der Waals surface area contributed by atoms with Gasteiger partial charge in [-0.2, -0.15) is 0 Å². The summed E-state index contributed by atoms with van der Waals surface area (Å²) in [4.78, 5) is 2.12. The first-order valence-electron chi connectivity index (χ1n) is 11.5. The fourth-order valence-corrected chi connectivity index (χ4v) is 5.21. The molecule has 0 aliphatic heterocycles. The largest absolute Gasteiger partial charge is 0.378 e. The fraction of sp³-hybridized carbons (Fsp3) is 0.286. The number of thioether (sulfide) groups is 1. The molecule has 1 saturated carbocycles. The number of hydrogen-bond acceptors (Lipinski definition) is 4. The lowest BCUT2D eigenvalue weighted by Gasteiger charge is -2.19. The minimum atomic E-state index is 0.141. The molecule has 3 aromatic carbocycles. The Bertz CT molecular complexity index is 1180. The minimum Gasteiger partial charge on any atom is -0.378 e. The van der Waals surface area contributed by atoms with Crippen LogP contribution in [0.15, 0.2) is 78.0 Å². The molecule has 5 rings (SSSR count). The van der Waals surface area contributed by atoms with Crippen LogP contribution in [0.4, 0.5) is 5.69 Å². The first kappa shape index (κ1) is 21.8. The van der Waals surface area contributed by atoms with Crippen molar-refractivity contribution in [2.24, 2.45) is 0 Å². The number of aryl methyl sites for hydroxylation is 2. The smallest absolute Gasteiger partial charge is 0.196 e. The Hall–Kier alpha value is -3.05. The van der Waals surface area contributed by atoms with E-state index in [1.807, 2.05) is 0 Å². The molecule has 0 atom stereocenters. The van der Waals surface area contributed by atoms with E-state index in [-0.39, 0.29) is 5.25 Å². The Morgan fingerprint density at radius 2 is 1.33 bits per heavy atom. The zero-order valence-electron chi connectivity index (χ0n) is 19.7. The predicted octanol–water partition coefficient (Wildman–Crippen LogP) is 6.71. The van der Waals surface area contributed by atoms with Crippen LogP contribution >= 0.6 is 11.8 Å². The Kier molecular flexibility index (Phi) is 5.98. The van der Waals surface area contributed by atoms with E-state index in [1.165, 1.54) is 40.8 Å². The Labute approximate surface area is 200 Å². The first-order chi connectivity index (χ1) is 16.0. The van der Waals surface area contributed by atoms with Crippen molar-refractivity contribution in [1.29, 1.82) is 0 Å². The molecule has 1 aliphatic rings. The van der Waals surface area contributed by atoms with Crippen LogP contribution in [-0.2, 0) is 0 Å². The maximum atomic E-state index is 4.70. The Morgan fingerprint density at radius 1 is 0.788 bits per heavy atom. The summed E-state index contributed by atoms with van der Waals surface area (Å²) in [5.74, 6) is 1.60. The first-order valence-corrected chi connectivity index (χ1v) is 12.4. The topological polar surface area (TPSA) is 34.0 Å². The van der Waals surface area contributed by atoms with Crippen LogP contribution in [-0.4, -0.2) is 28.9 Å². The fourth-order valence-electron chi connectivity index (χ4n) is 4.02. The van der Waals surface area contributed by atoms with Gasteiger partial charge >= 0.3 is 0 Å². The van der Waals surface area contributed by atoms with Gasteiger partial charge in [0.15, 0.2) is 5.16 Å². The zero-order valence-corrected chi connectivity index (χ0v) is 20.5. The molecule has 1 fully saturated rings. The third-order valence-electron chi connectivity index (χ3n) is 6.21. The Morgan fingerprint density at radius 3 is 1.82 bits per heavy atom. The molecular weight excluding hydrogens is 424 g/mol. The van der Waals surface area contributed by atoms with Gasteiger partial charge in [0.25, 0.3) is 0 Å². The highest BCUT2D eigenvalue weighted by molar-refractivity contribution is 7.99. The molecule has 1 heterocycles. The number of benzene rings is 3. The molecule has 168 valence electrons. The average Bonchev–Trinajstić information content (AvgIpc) is 3.58. The third kappa shape index (κ3) is 4.69. The lowest BCUT2D eigenvalue weighted by atomic mass is 10.0. The molecule has 0 unspecified atom stereocenters. The summed E-state index contributed by atoms with van der Waals surface area (Å²) in [5.41, 5.74) is 7.41. The number of rotatable bonds is 7. The van der Waals surface area contributed by atoms with Gasteiger partial charge in [0, 0.05) is 31.4 Å². The monoisotopic (exact) mass is 454 g/mol. The maximum Gasteiger partial charge on any atom is 0.196 e. The van der Waals surface area contributed by atoms with Gasteiger partial charge in [0.05, 0.1) is 5.25 Å². The molecule has 0 radical (unpaired) electrons. The van der Waals surface area contributed by atoms with Crippen molar-refractivity contribution >= 4 is 17.4 Å². The highest BCUT2D eigenvalue weighted by Crippen LogP contribution is 2.45. The van der Waals surface area contributed by atoms with Gasteiger partial charge in [-0.05, 0) is 62.1 Å². The zero-order chi connectivity index (χ0) is 22.9. The molecular formula is C28H30N4S. The van der Waals surface area contributed by atoms with Gasteiger partial charge < -0.3 is 4.90 Å². The van der Waals surface area contributed by atoms with Crippen molar-refractivity contribution in [3.05, 3.63) is 101 Å². The van der Waals surface area contributed by atoms with E-state index in [0.717, 1.165) is 16.7 Å². The van der Waals surface area contributed by atoms with E-state index in [9.17, 15) is 0 Å². The molecule has 5 heteroatoms. The van der Waals surface area contributed by atoms with Crippen molar-refractivity contribution in [3.63, 3.8) is 0 Å². The van der Waals surface area contributed by atoms with Gasteiger partial charge in [0.2, 0.25) is 0 Å². The van der Waals surface area contributed by atoms with Crippen molar-refractivity contribution in [1.82, 2.24) is 14.8 Å². The summed E-state index contributed by atoms with van der Waals surface area (Å²) in [6, 6.07) is 26.4. The summed E-state index contributed by atoms with van der Waals surface area (Å²) < 4.78 is 2.27. The van der Waals surface area contributed by atoms with Crippen LogP contribution < -0.4 is 4.90 Å². The van der Waals surface area contributed by atoms with Crippen molar-refractivity contribution in [2.45, 2.75) is 43.0 Å². The molecule has 0 spiro atoms. The van der Waals surface area contributed by atoms with E-state index >= 15 is 0 Å². The number of aromatic nitrogens is 3. The van der Waals surface area contributed by atoms with Gasteiger partial charge in [-0.15, -0.1) is 10.2 Å². The second kappa shape index (κ2) is 9.06. The van der Waals surface area contributed by atoms with Crippen LogP contribution in [0.1, 0.15) is 52.1 Å². The van der Waals surface area contributed by atoms with Gasteiger partial charge in [-0.1, -0.05) is 71.4 Å². The van der Waals surface area contributed by atoms with Crippen molar-refractivity contribution in [2.75, 3.05) is 19.0 Å². The van der Waals surface area contributed by atoms with Crippen LogP contribution in [0, 0.1) is 13.8 Å². The van der Waals surface area contributed by atoms with Crippen LogP contribution in [0.5, 0.6) is 0 Å². The molecule has 4 aromatic rings. The van der Waals surface area contributed by atoms with Crippen molar-refractivity contribution in [3.8, 4) is 5.69 Å². The maximum absolute atomic E-state index is 4.70. The predicted molar refractivity (Wildman–Crippen MR) is 138 cm³/mol. The quantitative estimate of drug-likeness (QED) is 0.291. The highest BCUT2D eigenvalue weighted by Gasteiger charge is 2.32. The summed E-state index contributed by atoms with van der Waals surface area (Å²) in [7, 11) is 4.14. The molecule has 33 heavy (non-hydrogen) atoms. The molecule has 0 bridgehead atoms. The molecule has 4 nitrogen and oxygen atoms in total. The average molecular weight is 455 g/mol. The molecule has 0 N–H and O–H groups in total. The normalized spacial score (nSPS) is 13.5. The van der Waals surface area contributed by atoms with Gasteiger partial charge in [-0.3, -0.25) is 4.57 Å². The van der Waals surface area contributed by atoms with E-state index < -0.39 is 0 Å². The summed E-state index contributed by atoms with van der Waals surface area (Å²) >= 11 is 1.78. The number of nitrogens with zero attached hydrogens (tertiary/aromatic N) is 4. The van der Waals surface area contributed by atoms with Gasteiger partial charge in [-0.25, -0.2) is 0 Å². The number of anilines is 1. The minimum absolute atomic E-state index is 0.141. The molecule has 0 saturated heterocycles. The van der Waals surface area contributed by atoms with Gasteiger partial charge in [0.1, 0.15) is 5.82 Å². The van der Waals surface area contributed by atoms with Crippen LogP contribution in [0.2, 0.25) is 0 Å². The van der Waals surface area contributed by atoms with E-state index in [1.54, 1.807) is 11.8 Å². The van der Waals surface area contributed by atoms with E-state index in [0.29, 0.717) is 5.92 Å². The standard InChI is InChI=1S/C28H30N4S/c1-19-5-9-21(10-6-19)26(22-11-7-20(2)8-12-22)33-28-30-29-27(23-13-14-23)32(28)25-17-15-24(16-18-25)31(3)4/h5-12,15-18,23,26H,13-14H2,1-4H3.